The van der Waals surface area contributed by atoms with Crippen molar-refractivity contribution in [3.8, 4) is 0 Å². The van der Waals surface area contributed by atoms with Crippen LogP contribution in [0.15, 0.2) is 48.6 Å². The monoisotopic (exact) mass is 1130 g/mol. The predicted octanol–water partition coefficient (Wildman–Crippen LogP) is 21.0. The van der Waals surface area contributed by atoms with Gasteiger partial charge in [0.1, 0.15) is 19.8 Å². The number of quaternary nitrogens is 1. The van der Waals surface area contributed by atoms with Crippen molar-refractivity contribution in [2.45, 2.75) is 335 Å². The number of esters is 2. The third-order valence-corrected chi connectivity index (χ3v) is 16.1. The molecule has 464 valence electrons. The number of hydrogen-bond acceptors (Lipinski definition) is 8. The van der Waals surface area contributed by atoms with Gasteiger partial charge in [-0.3, -0.25) is 14.2 Å². The first-order chi connectivity index (χ1) is 38.5. The number of phosphoric ester groups is 1. The largest absolute Gasteiger partial charge is 0.756 e. The van der Waals surface area contributed by atoms with E-state index in [1.165, 1.54) is 225 Å². The minimum atomic E-state index is -4.64. The molecule has 0 rings (SSSR count). The van der Waals surface area contributed by atoms with Gasteiger partial charge in [-0.2, -0.15) is 0 Å². The van der Waals surface area contributed by atoms with Gasteiger partial charge in [0.25, 0.3) is 7.82 Å². The lowest BCUT2D eigenvalue weighted by molar-refractivity contribution is -0.870. The molecule has 0 aromatic heterocycles. The Bertz CT molecular complexity index is 1470. The van der Waals surface area contributed by atoms with Crippen molar-refractivity contribution in [1.82, 2.24) is 0 Å². The van der Waals surface area contributed by atoms with E-state index >= 15 is 0 Å². The molecule has 0 heterocycles. The summed E-state index contributed by atoms with van der Waals surface area (Å²) in [6.45, 7) is 4.18. The Balaban J connectivity index is 4.00. The number of carbonyl (C=O) groups excluding carboxylic acids is 2. The molecular weight excluding hydrogens is 1000 g/mol. The molecular formula is C69H130NO8P. The van der Waals surface area contributed by atoms with Gasteiger partial charge < -0.3 is 27.9 Å². The van der Waals surface area contributed by atoms with Gasteiger partial charge >= 0.3 is 11.9 Å². The summed E-state index contributed by atoms with van der Waals surface area (Å²) in [7, 11) is 1.17. The molecule has 2 atom stereocenters. The predicted molar refractivity (Wildman–Crippen MR) is 337 cm³/mol. The Morgan fingerprint density at radius 2 is 0.722 bits per heavy atom. The molecule has 10 heteroatoms. The summed E-state index contributed by atoms with van der Waals surface area (Å²) in [5.41, 5.74) is 0. The molecule has 0 aliphatic carbocycles. The Kier molecular flexibility index (Phi) is 59.0. The smallest absolute Gasteiger partial charge is 0.306 e. The second kappa shape index (κ2) is 60.6. The number of phosphoric acid groups is 1. The first kappa shape index (κ1) is 77.0. The lowest BCUT2D eigenvalue weighted by Gasteiger charge is -2.28. The number of hydrogen-bond donors (Lipinski definition) is 0. The van der Waals surface area contributed by atoms with E-state index in [1.807, 2.05) is 21.1 Å². The molecule has 79 heavy (non-hydrogen) atoms. The normalized spacial score (nSPS) is 13.4. The highest BCUT2D eigenvalue weighted by Gasteiger charge is 2.22. The maximum atomic E-state index is 12.8. The standard InChI is InChI=1S/C69H130NO8P/c1-6-8-10-12-14-16-18-20-22-24-26-28-30-31-32-33-34-35-36-37-38-40-41-43-45-47-49-51-53-55-57-59-61-68(71)75-65-67(66-77-79(73,74)76-64-63-70(3,4)5)78-69(72)62-60-58-56-54-52-50-48-46-44-42-39-29-27-25-23-21-19-17-15-13-11-9-7-2/h9,11,15,17,21,23,27,29,67H,6-8,10,12-14,16,18-20,22,24-26,28,30-66H2,1-5H3/b11-9-,17-15-,23-21-,29-27-. The lowest BCUT2D eigenvalue weighted by atomic mass is 10.0. The van der Waals surface area contributed by atoms with Crippen LogP contribution in [0, 0.1) is 0 Å². The van der Waals surface area contributed by atoms with Gasteiger partial charge in [-0.1, -0.05) is 313 Å². The number of allylic oxidation sites excluding steroid dienone is 8. The van der Waals surface area contributed by atoms with Crippen LogP contribution in [0.2, 0.25) is 0 Å². The van der Waals surface area contributed by atoms with Crippen molar-refractivity contribution >= 4 is 19.8 Å². The van der Waals surface area contributed by atoms with Crippen molar-refractivity contribution in [3.63, 3.8) is 0 Å². The fourth-order valence-corrected chi connectivity index (χ4v) is 10.7. The van der Waals surface area contributed by atoms with Gasteiger partial charge in [0, 0.05) is 12.8 Å². The summed E-state index contributed by atoms with van der Waals surface area (Å²) in [6.07, 6.45) is 77.7. The fourth-order valence-electron chi connectivity index (χ4n) is 9.95. The van der Waals surface area contributed by atoms with E-state index in [4.69, 9.17) is 18.5 Å². The number of rotatable bonds is 63. The van der Waals surface area contributed by atoms with Crippen LogP contribution in [0.3, 0.4) is 0 Å². The molecule has 0 N–H and O–H groups in total. The van der Waals surface area contributed by atoms with E-state index < -0.39 is 26.5 Å². The number of carbonyl (C=O) groups is 2. The number of likely N-dealkylation sites (N-methyl/N-ethyl adjacent to an activating group) is 1. The third kappa shape index (κ3) is 65.0. The fraction of sp³-hybridized carbons (Fsp3) is 0.855. The maximum Gasteiger partial charge on any atom is 0.306 e. The zero-order valence-corrected chi connectivity index (χ0v) is 53.7. The van der Waals surface area contributed by atoms with Gasteiger partial charge in [0.05, 0.1) is 27.7 Å². The molecule has 0 aliphatic heterocycles. The quantitative estimate of drug-likeness (QED) is 0.0195. The van der Waals surface area contributed by atoms with E-state index in [2.05, 4.69) is 62.5 Å². The molecule has 0 saturated carbocycles. The van der Waals surface area contributed by atoms with Gasteiger partial charge in [-0.15, -0.1) is 0 Å². The molecule has 0 aromatic carbocycles. The van der Waals surface area contributed by atoms with E-state index in [9.17, 15) is 19.0 Å². The summed E-state index contributed by atoms with van der Waals surface area (Å²) in [5.74, 6) is -0.823. The summed E-state index contributed by atoms with van der Waals surface area (Å²) in [6, 6.07) is 0. The Morgan fingerprint density at radius 3 is 1.08 bits per heavy atom. The summed E-state index contributed by atoms with van der Waals surface area (Å²) >= 11 is 0. The van der Waals surface area contributed by atoms with Crippen molar-refractivity contribution in [2.24, 2.45) is 0 Å². The summed E-state index contributed by atoms with van der Waals surface area (Å²) in [4.78, 5) is 38.0. The van der Waals surface area contributed by atoms with Crippen LogP contribution in [-0.2, 0) is 32.7 Å². The van der Waals surface area contributed by atoms with Gasteiger partial charge in [0.2, 0.25) is 0 Å². The highest BCUT2D eigenvalue weighted by molar-refractivity contribution is 7.45. The molecule has 0 amide bonds. The minimum absolute atomic E-state index is 0.0311. The Hall–Kier alpha value is -2.03. The highest BCUT2D eigenvalue weighted by Crippen LogP contribution is 2.38. The van der Waals surface area contributed by atoms with E-state index in [0.717, 1.165) is 70.6 Å². The van der Waals surface area contributed by atoms with E-state index in [-0.39, 0.29) is 32.0 Å². The van der Waals surface area contributed by atoms with Crippen LogP contribution in [0.4, 0.5) is 0 Å². The van der Waals surface area contributed by atoms with Crippen LogP contribution in [0.1, 0.15) is 328 Å². The lowest BCUT2D eigenvalue weighted by Crippen LogP contribution is -2.37. The molecule has 2 unspecified atom stereocenters. The second-order valence-electron chi connectivity index (χ2n) is 24.2. The van der Waals surface area contributed by atoms with Gasteiger partial charge in [0.15, 0.2) is 6.10 Å². The highest BCUT2D eigenvalue weighted by atomic mass is 31.2. The zero-order chi connectivity index (χ0) is 57.7. The molecule has 9 nitrogen and oxygen atoms in total. The number of unbranched alkanes of at least 4 members (excludes halogenated alkanes) is 41. The number of nitrogens with zero attached hydrogens (tertiary/aromatic N) is 1. The molecule has 0 aromatic rings. The molecule has 0 fully saturated rings. The van der Waals surface area contributed by atoms with Crippen LogP contribution < -0.4 is 4.89 Å². The van der Waals surface area contributed by atoms with E-state index in [0.29, 0.717) is 17.4 Å². The maximum absolute atomic E-state index is 12.8. The Labute approximate surface area is 490 Å². The number of ether oxygens (including phenoxy) is 2. The minimum Gasteiger partial charge on any atom is -0.756 e. The van der Waals surface area contributed by atoms with Crippen molar-refractivity contribution in [1.29, 1.82) is 0 Å². The molecule has 0 bridgehead atoms. The summed E-state index contributed by atoms with van der Waals surface area (Å²) in [5, 5.41) is 0. The molecule has 0 radical (unpaired) electrons. The van der Waals surface area contributed by atoms with Crippen LogP contribution in [-0.4, -0.2) is 70.0 Å². The first-order valence-electron chi connectivity index (χ1n) is 33.8. The zero-order valence-electron chi connectivity index (χ0n) is 52.8. The summed E-state index contributed by atoms with van der Waals surface area (Å²) < 4.78 is 34.3. The van der Waals surface area contributed by atoms with Crippen molar-refractivity contribution < 1.29 is 42.1 Å². The van der Waals surface area contributed by atoms with E-state index in [1.54, 1.807) is 0 Å². The third-order valence-electron chi connectivity index (χ3n) is 15.1. The average Bonchev–Trinajstić information content (AvgIpc) is 3.41. The van der Waals surface area contributed by atoms with Gasteiger partial charge in [-0.25, -0.2) is 0 Å². The molecule has 0 saturated heterocycles. The first-order valence-corrected chi connectivity index (χ1v) is 35.3. The Morgan fingerprint density at radius 1 is 0.405 bits per heavy atom. The topological polar surface area (TPSA) is 111 Å². The average molecular weight is 1130 g/mol. The molecule has 0 spiro atoms. The van der Waals surface area contributed by atoms with Crippen LogP contribution in [0.5, 0.6) is 0 Å². The van der Waals surface area contributed by atoms with Crippen LogP contribution >= 0.6 is 7.82 Å². The van der Waals surface area contributed by atoms with Gasteiger partial charge in [-0.05, 0) is 51.4 Å². The SMILES string of the molecule is CC/C=C\C/C=C\C/C=C\C/C=C\CCCCCCCCCCCCC(=O)OC(COC(=O)CCCCCCCCCCCCCCCCCCCCCCCCCCCCCCCCCC)COP(=O)([O-])OCC[N+](C)(C)C. The van der Waals surface area contributed by atoms with Crippen molar-refractivity contribution in [3.05, 3.63) is 48.6 Å². The van der Waals surface area contributed by atoms with Crippen molar-refractivity contribution in [2.75, 3.05) is 47.5 Å². The van der Waals surface area contributed by atoms with Crippen LogP contribution in [0.25, 0.3) is 0 Å². The molecule has 0 aliphatic rings. The second-order valence-corrected chi connectivity index (χ2v) is 25.6.